The molecule has 1 aromatic heterocycles. The van der Waals surface area contributed by atoms with Gasteiger partial charge in [-0.05, 0) is 13.8 Å². The quantitative estimate of drug-likeness (QED) is 0.552. The first kappa shape index (κ1) is 17.2. The third kappa shape index (κ3) is 4.29. The molecule has 0 spiro atoms. The van der Waals surface area contributed by atoms with Crippen LogP contribution in [0, 0.1) is 6.92 Å². The molecule has 0 fully saturated rings. The van der Waals surface area contributed by atoms with Gasteiger partial charge in [0.15, 0.2) is 0 Å². The van der Waals surface area contributed by atoms with Crippen LogP contribution >= 0.6 is 0 Å². The van der Waals surface area contributed by atoms with Crippen molar-refractivity contribution in [2.45, 2.75) is 40.0 Å². The molecule has 1 aromatic rings. The van der Waals surface area contributed by atoms with Gasteiger partial charge >= 0.3 is 0 Å². The van der Waals surface area contributed by atoms with Crippen LogP contribution in [0.25, 0.3) is 0 Å². The van der Waals surface area contributed by atoms with E-state index >= 15 is 0 Å². The van der Waals surface area contributed by atoms with Crippen molar-refractivity contribution in [1.29, 1.82) is 0 Å². The summed E-state index contributed by atoms with van der Waals surface area (Å²) in [4.78, 5) is 22.6. The van der Waals surface area contributed by atoms with Crippen LogP contribution in [0.4, 0.5) is 11.6 Å². The van der Waals surface area contributed by atoms with Crippen LogP contribution in [0.2, 0.25) is 0 Å². The Bertz CT molecular complexity index is 509. The maximum Gasteiger partial charge on any atom is 0.239 e. The number of likely N-dealkylation sites (N-methyl/N-ethyl adjacent to an activating group) is 2. The Morgan fingerprint density at radius 3 is 2.43 bits per heavy atom. The number of nitrogens with one attached hydrogen (secondary N) is 2. The molecule has 7 heteroatoms. The normalized spacial score (nSPS) is 11.2. The molecule has 118 valence electrons. The van der Waals surface area contributed by atoms with Crippen molar-refractivity contribution in [1.82, 2.24) is 15.3 Å². The summed E-state index contributed by atoms with van der Waals surface area (Å²) in [6.07, 6.45) is 0. The van der Waals surface area contributed by atoms with Gasteiger partial charge in [-0.15, -0.1) is 0 Å². The van der Waals surface area contributed by atoms with Gasteiger partial charge in [-0.1, -0.05) is 20.8 Å². The largest absolute Gasteiger partial charge is 0.355 e. The maximum absolute atomic E-state index is 11.7. The van der Waals surface area contributed by atoms with Crippen LogP contribution in [0.1, 0.15) is 39.1 Å². The summed E-state index contributed by atoms with van der Waals surface area (Å²) in [6.45, 7) is 10.7. The molecule has 0 bridgehead atoms. The van der Waals surface area contributed by atoms with Gasteiger partial charge in [0.2, 0.25) is 5.91 Å². The summed E-state index contributed by atoms with van der Waals surface area (Å²) in [5.41, 5.74) is 3.21. The van der Waals surface area contributed by atoms with Crippen molar-refractivity contribution >= 4 is 17.5 Å². The Morgan fingerprint density at radius 2 is 1.95 bits per heavy atom. The maximum atomic E-state index is 11.7. The van der Waals surface area contributed by atoms with E-state index in [9.17, 15) is 4.79 Å². The van der Waals surface area contributed by atoms with Crippen molar-refractivity contribution in [2.75, 3.05) is 30.5 Å². The minimum Gasteiger partial charge on any atom is -0.355 e. The highest BCUT2D eigenvalue weighted by Crippen LogP contribution is 2.27. The first-order valence-electron chi connectivity index (χ1n) is 7.04. The van der Waals surface area contributed by atoms with E-state index in [0.717, 1.165) is 5.56 Å². The van der Waals surface area contributed by atoms with Gasteiger partial charge in [0.05, 0.1) is 6.54 Å². The van der Waals surface area contributed by atoms with Crippen LogP contribution in [-0.4, -0.2) is 36.0 Å². The van der Waals surface area contributed by atoms with Crippen LogP contribution in [0.15, 0.2) is 0 Å². The van der Waals surface area contributed by atoms with Gasteiger partial charge in [0.25, 0.3) is 0 Å². The van der Waals surface area contributed by atoms with Gasteiger partial charge < -0.3 is 15.6 Å². The van der Waals surface area contributed by atoms with Gasteiger partial charge in [-0.2, -0.15) is 0 Å². The molecule has 0 atom stereocenters. The summed E-state index contributed by atoms with van der Waals surface area (Å²) in [7, 11) is 1.83. The van der Waals surface area contributed by atoms with Crippen LogP contribution in [-0.2, 0) is 10.2 Å². The fourth-order valence-electron chi connectivity index (χ4n) is 1.90. The molecule has 0 aliphatic heterocycles. The molecule has 21 heavy (non-hydrogen) atoms. The number of amides is 1. The molecule has 0 radical (unpaired) electrons. The van der Waals surface area contributed by atoms with Crippen LogP contribution < -0.4 is 21.5 Å². The molecular weight excluding hydrogens is 268 g/mol. The molecular formula is C14H26N6O. The van der Waals surface area contributed by atoms with E-state index in [1.165, 1.54) is 0 Å². The minimum atomic E-state index is -0.208. The van der Waals surface area contributed by atoms with E-state index in [1.807, 2.05) is 41.7 Å². The predicted molar refractivity (Wildman–Crippen MR) is 85.2 cm³/mol. The summed E-state index contributed by atoms with van der Waals surface area (Å²) in [5.74, 6) is 7.46. The lowest BCUT2D eigenvalue weighted by atomic mass is 9.95. The predicted octanol–water partition coefficient (Wildman–Crippen LogP) is 0.940. The van der Waals surface area contributed by atoms with Crippen molar-refractivity contribution < 1.29 is 4.79 Å². The number of nitrogens with two attached hydrogens (primary N) is 1. The number of carbonyl (C=O) groups is 1. The highest BCUT2D eigenvalue weighted by atomic mass is 16.2. The summed E-state index contributed by atoms with van der Waals surface area (Å²) < 4.78 is 0. The van der Waals surface area contributed by atoms with Crippen molar-refractivity contribution in [3.05, 3.63) is 11.4 Å². The standard InChI is InChI=1S/C14H26N6O/c1-7-16-10(21)8-20(6)12-9(2)11(19-15)17-13(18-12)14(3,4)5/h7-8,15H2,1-6H3,(H,16,21)(H,17,18,19). The van der Waals surface area contributed by atoms with Crippen LogP contribution in [0.5, 0.6) is 0 Å². The van der Waals surface area contributed by atoms with Gasteiger partial charge in [-0.25, -0.2) is 15.8 Å². The van der Waals surface area contributed by atoms with Gasteiger partial charge in [0.1, 0.15) is 17.5 Å². The lowest BCUT2D eigenvalue weighted by Gasteiger charge is -2.25. The number of anilines is 2. The fourth-order valence-corrected chi connectivity index (χ4v) is 1.90. The van der Waals surface area contributed by atoms with E-state index in [2.05, 4.69) is 20.7 Å². The molecule has 0 saturated carbocycles. The topological polar surface area (TPSA) is 96.2 Å². The summed E-state index contributed by atoms with van der Waals surface area (Å²) in [6, 6.07) is 0. The molecule has 0 aliphatic carbocycles. The zero-order valence-electron chi connectivity index (χ0n) is 13.7. The fraction of sp³-hybridized carbons (Fsp3) is 0.643. The second kappa shape index (κ2) is 6.71. The van der Waals surface area contributed by atoms with E-state index in [1.54, 1.807) is 4.90 Å². The summed E-state index contributed by atoms with van der Waals surface area (Å²) in [5, 5.41) is 2.77. The highest BCUT2D eigenvalue weighted by Gasteiger charge is 2.22. The monoisotopic (exact) mass is 294 g/mol. The van der Waals surface area contributed by atoms with E-state index < -0.39 is 0 Å². The number of hydrazine groups is 1. The number of nitrogens with zero attached hydrogens (tertiary/aromatic N) is 3. The highest BCUT2D eigenvalue weighted by molar-refractivity contribution is 5.81. The number of aromatic nitrogens is 2. The molecule has 0 aliphatic rings. The Balaban J connectivity index is 3.18. The van der Waals surface area contributed by atoms with Gasteiger partial charge in [0, 0.05) is 24.6 Å². The molecule has 4 N–H and O–H groups in total. The molecule has 0 unspecified atom stereocenters. The molecule has 1 heterocycles. The Labute approximate surface area is 126 Å². The zero-order valence-corrected chi connectivity index (χ0v) is 13.7. The smallest absolute Gasteiger partial charge is 0.239 e. The average Bonchev–Trinajstić information content (AvgIpc) is 2.37. The molecule has 1 rings (SSSR count). The first-order valence-corrected chi connectivity index (χ1v) is 7.04. The number of hydrogen-bond donors (Lipinski definition) is 3. The Kier molecular flexibility index (Phi) is 5.48. The number of carbonyl (C=O) groups excluding carboxylic acids is 1. The Morgan fingerprint density at radius 1 is 1.33 bits per heavy atom. The minimum absolute atomic E-state index is 0.0439. The SMILES string of the molecule is CCNC(=O)CN(C)c1nc(C(C)(C)C)nc(NN)c1C. The van der Waals surface area contributed by atoms with E-state index in [4.69, 9.17) is 5.84 Å². The lowest BCUT2D eigenvalue weighted by Crippen LogP contribution is -2.36. The van der Waals surface area contributed by atoms with Gasteiger partial charge in [-0.3, -0.25) is 4.79 Å². The van der Waals surface area contributed by atoms with E-state index in [0.29, 0.717) is 24.0 Å². The molecule has 0 saturated heterocycles. The first-order chi connectivity index (χ1) is 9.70. The summed E-state index contributed by atoms with van der Waals surface area (Å²) >= 11 is 0. The number of hydrogen-bond acceptors (Lipinski definition) is 6. The second-order valence-electron chi connectivity index (χ2n) is 6.05. The lowest BCUT2D eigenvalue weighted by molar-refractivity contribution is -0.119. The van der Waals surface area contributed by atoms with Crippen molar-refractivity contribution in [3.8, 4) is 0 Å². The molecule has 1 amide bonds. The second-order valence-corrected chi connectivity index (χ2v) is 6.05. The molecule has 0 aromatic carbocycles. The van der Waals surface area contributed by atoms with E-state index in [-0.39, 0.29) is 17.9 Å². The average molecular weight is 294 g/mol. The third-order valence-corrected chi connectivity index (χ3v) is 3.04. The number of nitrogen functional groups attached to an aromatic ring is 1. The zero-order chi connectivity index (χ0) is 16.2. The van der Waals surface area contributed by atoms with Crippen molar-refractivity contribution in [3.63, 3.8) is 0 Å². The van der Waals surface area contributed by atoms with Crippen molar-refractivity contribution in [2.24, 2.45) is 5.84 Å². The van der Waals surface area contributed by atoms with Crippen LogP contribution in [0.3, 0.4) is 0 Å². The third-order valence-electron chi connectivity index (χ3n) is 3.04. The molecule has 7 nitrogen and oxygen atoms in total. The Hall–Kier alpha value is -1.89. The number of rotatable bonds is 5.